The highest BCUT2D eigenvalue weighted by Gasteiger charge is 2.29. The van der Waals surface area contributed by atoms with Crippen LogP contribution in [0.4, 0.5) is 13.2 Å². The van der Waals surface area contributed by atoms with Gasteiger partial charge < -0.3 is 0 Å². The van der Waals surface area contributed by atoms with Gasteiger partial charge in [-0.05, 0) is 42.0 Å². The molecule has 0 fully saturated rings. The number of hydrogen-bond acceptors (Lipinski definition) is 3. The highest BCUT2D eigenvalue weighted by Crippen LogP contribution is 2.29. The minimum absolute atomic E-state index is 0.234. The van der Waals surface area contributed by atoms with Gasteiger partial charge in [-0.15, -0.1) is 0 Å². The van der Waals surface area contributed by atoms with Gasteiger partial charge in [0.2, 0.25) is 4.77 Å². The Balaban J connectivity index is 1.94. The van der Waals surface area contributed by atoms with E-state index in [1.165, 1.54) is 23.0 Å². The SMILES string of the molecule is FC(F)(F)c1ccc(C=Nn2c(-c3ccccc3Cl)n[nH]c2=S)cc1. The molecule has 0 saturated carbocycles. The van der Waals surface area contributed by atoms with Gasteiger partial charge in [-0.3, -0.25) is 0 Å². The summed E-state index contributed by atoms with van der Waals surface area (Å²) < 4.78 is 39.3. The molecule has 0 aliphatic heterocycles. The summed E-state index contributed by atoms with van der Waals surface area (Å²) in [5.74, 6) is 0.402. The van der Waals surface area contributed by atoms with E-state index in [1.54, 1.807) is 24.3 Å². The number of rotatable bonds is 3. The van der Waals surface area contributed by atoms with E-state index in [0.717, 1.165) is 12.1 Å². The molecule has 0 aliphatic rings. The average Bonchev–Trinajstić information content (AvgIpc) is 2.93. The van der Waals surface area contributed by atoms with Crippen molar-refractivity contribution in [1.29, 1.82) is 0 Å². The molecule has 0 atom stereocenters. The molecule has 9 heteroatoms. The lowest BCUT2D eigenvalue weighted by atomic mass is 10.1. The minimum atomic E-state index is -4.38. The topological polar surface area (TPSA) is 46.0 Å². The van der Waals surface area contributed by atoms with Crippen LogP contribution in [0, 0.1) is 4.77 Å². The van der Waals surface area contributed by atoms with Crippen LogP contribution in [0.15, 0.2) is 53.6 Å². The van der Waals surface area contributed by atoms with Crippen LogP contribution in [0.3, 0.4) is 0 Å². The summed E-state index contributed by atoms with van der Waals surface area (Å²) in [4.78, 5) is 0. The molecular weight excluding hydrogens is 373 g/mol. The molecular formula is C16H10ClF3N4S. The van der Waals surface area contributed by atoms with Gasteiger partial charge in [0.05, 0.1) is 16.8 Å². The molecule has 0 amide bonds. The van der Waals surface area contributed by atoms with Gasteiger partial charge in [-0.25, -0.2) is 5.10 Å². The summed E-state index contributed by atoms with van der Waals surface area (Å²) in [5.41, 5.74) is 0.392. The van der Waals surface area contributed by atoms with Crippen molar-refractivity contribution in [3.8, 4) is 11.4 Å². The maximum atomic E-state index is 12.6. The van der Waals surface area contributed by atoms with Gasteiger partial charge in [-0.2, -0.15) is 28.0 Å². The van der Waals surface area contributed by atoms with E-state index in [-0.39, 0.29) is 4.77 Å². The van der Waals surface area contributed by atoms with Gasteiger partial charge >= 0.3 is 6.18 Å². The first-order chi connectivity index (χ1) is 11.9. The zero-order chi connectivity index (χ0) is 18.0. The van der Waals surface area contributed by atoms with Crippen LogP contribution in [0.1, 0.15) is 11.1 Å². The highest BCUT2D eigenvalue weighted by molar-refractivity contribution is 7.71. The van der Waals surface area contributed by atoms with E-state index in [4.69, 9.17) is 23.8 Å². The smallest absolute Gasteiger partial charge is 0.250 e. The molecule has 128 valence electrons. The third kappa shape index (κ3) is 3.80. The van der Waals surface area contributed by atoms with Gasteiger partial charge in [0, 0.05) is 5.56 Å². The van der Waals surface area contributed by atoms with Gasteiger partial charge in [0.1, 0.15) is 0 Å². The summed E-state index contributed by atoms with van der Waals surface area (Å²) in [6.45, 7) is 0. The zero-order valence-corrected chi connectivity index (χ0v) is 14.0. The van der Waals surface area contributed by atoms with E-state index in [2.05, 4.69) is 15.3 Å². The van der Waals surface area contributed by atoms with Gasteiger partial charge in [-0.1, -0.05) is 35.9 Å². The second-order valence-electron chi connectivity index (χ2n) is 5.01. The fourth-order valence-electron chi connectivity index (χ4n) is 2.10. The van der Waals surface area contributed by atoms with Crippen LogP contribution in [0.25, 0.3) is 11.4 Å². The van der Waals surface area contributed by atoms with Crippen molar-refractivity contribution in [1.82, 2.24) is 14.9 Å². The Hall–Kier alpha value is -2.45. The number of H-pyrrole nitrogens is 1. The van der Waals surface area contributed by atoms with E-state index >= 15 is 0 Å². The van der Waals surface area contributed by atoms with Crippen molar-refractivity contribution in [3.63, 3.8) is 0 Å². The highest BCUT2D eigenvalue weighted by atomic mass is 35.5. The number of alkyl halides is 3. The van der Waals surface area contributed by atoms with Crippen molar-refractivity contribution in [2.45, 2.75) is 6.18 Å². The van der Waals surface area contributed by atoms with Crippen LogP contribution in [-0.2, 0) is 6.18 Å². The number of halogens is 4. The van der Waals surface area contributed by atoms with E-state index in [1.807, 2.05) is 0 Å². The van der Waals surface area contributed by atoms with E-state index in [0.29, 0.717) is 22.0 Å². The Morgan fingerprint density at radius 3 is 2.44 bits per heavy atom. The van der Waals surface area contributed by atoms with Gasteiger partial charge in [0.15, 0.2) is 5.82 Å². The molecule has 2 aromatic carbocycles. The lowest BCUT2D eigenvalue weighted by molar-refractivity contribution is -0.137. The summed E-state index contributed by atoms with van der Waals surface area (Å²) in [5, 5.41) is 11.4. The maximum Gasteiger partial charge on any atom is 0.416 e. The Morgan fingerprint density at radius 1 is 1.12 bits per heavy atom. The second kappa shape index (κ2) is 6.81. The average molecular weight is 383 g/mol. The van der Waals surface area contributed by atoms with Crippen LogP contribution in [-0.4, -0.2) is 21.1 Å². The van der Waals surface area contributed by atoms with E-state index in [9.17, 15) is 13.2 Å². The summed E-state index contributed by atoms with van der Waals surface area (Å²) in [6, 6.07) is 11.7. The quantitative estimate of drug-likeness (QED) is 0.502. The molecule has 25 heavy (non-hydrogen) atoms. The predicted molar refractivity (Wildman–Crippen MR) is 92.3 cm³/mol. The third-order valence-electron chi connectivity index (χ3n) is 3.33. The molecule has 0 spiro atoms. The van der Waals surface area contributed by atoms with Crippen molar-refractivity contribution >= 4 is 30.0 Å². The summed E-state index contributed by atoms with van der Waals surface area (Å²) in [6.07, 6.45) is -2.98. The minimum Gasteiger partial charge on any atom is -0.250 e. The molecule has 3 rings (SSSR count). The Bertz CT molecular complexity index is 974. The lowest BCUT2D eigenvalue weighted by Gasteiger charge is -2.06. The number of benzene rings is 2. The Morgan fingerprint density at radius 2 is 1.80 bits per heavy atom. The Kier molecular flexibility index (Phi) is 4.73. The first-order valence-electron chi connectivity index (χ1n) is 7.00. The molecule has 0 saturated heterocycles. The number of nitrogens with zero attached hydrogens (tertiary/aromatic N) is 3. The zero-order valence-electron chi connectivity index (χ0n) is 12.5. The van der Waals surface area contributed by atoms with E-state index < -0.39 is 11.7 Å². The summed E-state index contributed by atoms with van der Waals surface area (Å²) in [7, 11) is 0. The molecule has 1 N–H and O–H groups in total. The van der Waals surface area contributed by atoms with Crippen molar-refractivity contribution in [2.24, 2.45) is 5.10 Å². The molecule has 3 aromatic rings. The second-order valence-corrected chi connectivity index (χ2v) is 5.80. The summed E-state index contributed by atoms with van der Waals surface area (Å²) >= 11 is 11.3. The predicted octanol–water partition coefficient (Wildman–Crippen LogP) is 5.16. The van der Waals surface area contributed by atoms with Crippen LogP contribution < -0.4 is 0 Å². The molecule has 0 bridgehead atoms. The monoisotopic (exact) mass is 382 g/mol. The molecule has 1 aromatic heterocycles. The number of hydrogen-bond donors (Lipinski definition) is 1. The fourth-order valence-corrected chi connectivity index (χ4v) is 2.50. The maximum absolute atomic E-state index is 12.6. The number of aromatic amines is 1. The standard InChI is InChI=1S/C16H10ClF3N4S/c17-13-4-2-1-3-12(13)14-22-23-15(25)24(14)21-9-10-5-7-11(8-6-10)16(18,19)20/h1-9H,(H,23,25). The fraction of sp³-hybridized carbons (Fsp3) is 0.0625. The van der Waals surface area contributed by atoms with Crippen LogP contribution in [0.2, 0.25) is 5.02 Å². The lowest BCUT2D eigenvalue weighted by Crippen LogP contribution is -2.04. The van der Waals surface area contributed by atoms with Crippen LogP contribution in [0.5, 0.6) is 0 Å². The number of nitrogens with one attached hydrogen (secondary N) is 1. The molecule has 4 nitrogen and oxygen atoms in total. The van der Waals surface area contributed by atoms with Crippen LogP contribution >= 0.6 is 23.8 Å². The normalized spacial score (nSPS) is 12.0. The largest absolute Gasteiger partial charge is 0.416 e. The van der Waals surface area contributed by atoms with Crippen molar-refractivity contribution < 1.29 is 13.2 Å². The first kappa shape index (κ1) is 17.4. The molecule has 0 unspecified atom stereocenters. The van der Waals surface area contributed by atoms with Crippen molar-refractivity contribution in [3.05, 3.63) is 69.5 Å². The third-order valence-corrected chi connectivity index (χ3v) is 3.92. The molecule has 0 aliphatic carbocycles. The molecule has 1 heterocycles. The van der Waals surface area contributed by atoms with Gasteiger partial charge in [0.25, 0.3) is 0 Å². The molecule has 0 radical (unpaired) electrons. The number of aromatic nitrogens is 3. The first-order valence-corrected chi connectivity index (χ1v) is 7.79. The van der Waals surface area contributed by atoms with Crippen molar-refractivity contribution in [2.75, 3.05) is 0 Å². The Labute approximate surface area is 150 Å².